The summed E-state index contributed by atoms with van der Waals surface area (Å²) >= 11 is 0. The van der Waals surface area contributed by atoms with E-state index >= 15 is 0 Å². The van der Waals surface area contributed by atoms with Gasteiger partial charge in [-0.25, -0.2) is 8.78 Å². The Hall–Kier alpha value is -2.10. The Kier molecular flexibility index (Phi) is 2.72. The van der Waals surface area contributed by atoms with Crippen LogP contribution in [0.3, 0.4) is 0 Å². The van der Waals surface area contributed by atoms with Crippen molar-refractivity contribution in [2.24, 2.45) is 0 Å². The number of nitrogens with one attached hydrogen (secondary N) is 1. The van der Waals surface area contributed by atoms with Crippen molar-refractivity contribution >= 4 is 17.1 Å². The van der Waals surface area contributed by atoms with Gasteiger partial charge in [0.05, 0.1) is 11.4 Å². The predicted octanol–water partition coefficient (Wildman–Crippen LogP) is 3.29. The molecule has 16 heavy (non-hydrogen) atoms. The van der Waals surface area contributed by atoms with Crippen LogP contribution in [0, 0.1) is 11.6 Å². The molecule has 2 nitrogen and oxygen atoms in total. The summed E-state index contributed by atoms with van der Waals surface area (Å²) in [4.78, 5) is 0. The summed E-state index contributed by atoms with van der Waals surface area (Å²) in [5.41, 5.74) is 6.50. The summed E-state index contributed by atoms with van der Waals surface area (Å²) in [6.07, 6.45) is 0. The van der Waals surface area contributed by atoms with Gasteiger partial charge in [-0.3, -0.25) is 0 Å². The molecule has 0 radical (unpaired) electrons. The van der Waals surface area contributed by atoms with E-state index in [1.54, 1.807) is 18.2 Å². The minimum atomic E-state index is -0.499. The van der Waals surface area contributed by atoms with Crippen LogP contribution in [0.5, 0.6) is 0 Å². The van der Waals surface area contributed by atoms with Crippen molar-refractivity contribution in [1.29, 1.82) is 0 Å². The molecule has 0 fully saturated rings. The van der Waals surface area contributed by atoms with E-state index in [1.807, 2.05) is 0 Å². The molecule has 0 bridgehead atoms. The normalized spacial score (nSPS) is 10.1. The zero-order valence-corrected chi connectivity index (χ0v) is 8.37. The van der Waals surface area contributed by atoms with Crippen LogP contribution in [0.1, 0.15) is 0 Å². The lowest BCUT2D eigenvalue weighted by Crippen LogP contribution is -1.98. The lowest BCUT2D eigenvalue weighted by atomic mass is 10.2. The summed E-state index contributed by atoms with van der Waals surface area (Å²) in [7, 11) is 0. The molecule has 0 aromatic heterocycles. The molecule has 0 aliphatic carbocycles. The number of para-hydroxylation sites is 1. The van der Waals surface area contributed by atoms with Crippen LogP contribution in [0.2, 0.25) is 0 Å². The zero-order valence-electron chi connectivity index (χ0n) is 8.37. The molecule has 3 N–H and O–H groups in total. The summed E-state index contributed by atoms with van der Waals surface area (Å²) in [5.74, 6) is -0.860. The van der Waals surface area contributed by atoms with E-state index in [4.69, 9.17) is 5.73 Å². The Bertz CT molecular complexity index is 512. The first-order valence-corrected chi connectivity index (χ1v) is 4.73. The largest absolute Gasteiger partial charge is 0.395 e. The SMILES string of the molecule is Nc1c(F)cccc1Nc1cccc(F)c1. The van der Waals surface area contributed by atoms with E-state index in [0.717, 1.165) is 0 Å². The second-order valence-electron chi connectivity index (χ2n) is 3.34. The van der Waals surface area contributed by atoms with Crippen LogP contribution in [0.4, 0.5) is 25.8 Å². The molecule has 0 aliphatic heterocycles. The fourth-order valence-electron chi connectivity index (χ4n) is 1.37. The molecule has 82 valence electrons. The molecule has 0 aliphatic rings. The van der Waals surface area contributed by atoms with Gasteiger partial charge in [-0.1, -0.05) is 12.1 Å². The number of hydrogen-bond donors (Lipinski definition) is 2. The molecular weight excluding hydrogens is 210 g/mol. The van der Waals surface area contributed by atoms with E-state index in [9.17, 15) is 8.78 Å². The van der Waals surface area contributed by atoms with Gasteiger partial charge in [-0.05, 0) is 30.3 Å². The summed E-state index contributed by atoms with van der Waals surface area (Å²) in [6, 6.07) is 10.3. The number of anilines is 3. The third-order valence-corrected chi connectivity index (χ3v) is 2.16. The number of nitrogens with two attached hydrogens (primary N) is 1. The predicted molar refractivity (Wildman–Crippen MR) is 60.5 cm³/mol. The molecule has 0 saturated carbocycles. The van der Waals surface area contributed by atoms with Gasteiger partial charge < -0.3 is 11.1 Å². The van der Waals surface area contributed by atoms with Crippen LogP contribution in [0.25, 0.3) is 0 Å². The average Bonchev–Trinajstić information content (AvgIpc) is 2.25. The van der Waals surface area contributed by atoms with E-state index in [0.29, 0.717) is 11.4 Å². The quantitative estimate of drug-likeness (QED) is 0.762. The first kappa shape index (κ1) is 10.4. The molecule has 0 saturated heterocycles. The highest BCUT2D eigenvalue weighted by Gasteiger charge is 2.04. The van der Waals surface area contributed by atoms with Gasteiger partial charge in [0.2, 0.25) is 0 Å². The second kappa shape index (κ2) is 4.18. The lowest BCUT2D eigenvalue weighted by Gasteiger charge is -2.09. The summed E-state index contributed by atoms with van der Waals surface area (Å²) in [5, 5.41) is 2.85. The van der Waals surface area contributed by atoms with Crippen LogP contribution in [-0.2, 0) is 0 Å². The van der Waals surface area contributed by atoms with Crippen molar-refractivity contribution in [2.45, 2.75) is 0 Å². The third-order valence-electron chi connectivity index (χ3n) is 2.16. The van der Waals surface area contributed by atoms with E-state index in [-0.39, 0.29) is 11.5 Å². The Morgan fingerprint density at radius 2 is 1.75 bits per heavy atom. The van der Waals surface area contributed by atoms with Crippen molar-refractivity contribution in [3.8, 4) is 0 Å². The van der Waals surface area contributed by atoms with Crippen LogP contribution in [-0.4, -0.2) is 0 Å². The maximum Gasteiger partial charge on any atom is 0.148 e. The number of halogens is 2. The second-order valence-corrected chi connectivity index (χ2v) is 3.34. The van der Waals surface area contributed by atoms with Gasteiger partial charge in [0.1, 0.15) is 11.6 Å². The van der Waals surface area contributed by atoms with E-state index in [2.05, 4.69) is 5.32 Å². The maximum atomic E-state index is 13.1. The summed E-state index contributed by atoms with van der Waals surface area (Å²) < 4.78 is 26.0. The average molecular weight is 220 g/mol. The fraction of sp³-hybridized carbons (Fsp3) is 0. The van der Waals surface area contributed by atoms with Crippen LogP contribution < -0.4 is 11.1 Å². The van der Waals surface area contributed by atoms with Crippen LogP contribution in [0.15, 0.2) is 42.5 Å². The maximum absolute atomic E-state index is 13.1. The van der Waals surface area contributed by atoms with Gasteiger partial charge in [-0.2, -0.15) is 0 Å². The molecule has 0 spiro atoms. The number of rotatable bonds is 2. The first-order chi connectivity index (χ1) is 7.66. The Morgan fingerprint density at radius 1 is 1.00 bits per heavy atom. The zero-order chi connectivity index (χ0) is 11.5. The van der Waals surface area contributed by atoms with Crippen molar-refractivity contribution in [2.75, 3.05) is 11.1 Å². The Morgan fingerprint density at radius 3 is 2.50 bits per heavy atom. The highest BCUT2D eigenvalue weighted by Crippen LogP contribution is 2.25. The topological polar surface area (TPSA) is 38.0 Å². The van der Waals surface area contributed by atoms with Gasteiger partial charge in [0, 0.05) is 5.69 Å². The Labute approximate surface area is 91.7 Å². The van der Waals surface area contributed by atoms with Gasteiger partial charge in [0.15, 0.2) is 0 Å². The molecule has 0 amide bonds. The number of benzene rings is 2. The Balaban J connectivity index is 2.31. The first-order valence-electron chi connectivity index (χ1n) is 4.73. The minimum Gasteiger partial charge on any atom is -0.395 e. The van der Waals surface area contributed by atoms with Crippen molar-refractivity contribution < 1.29 is 8.78 Å². The highest BCUT2D eigenvalue weighted by molar-refractivity contribution is 5.72. The third kappa shape index (κ3) is 2.11. The van der Waals surface area contributed by atoms with Gasteiger partial charge in [-0.15, -0.1) is 0 Å². The molecule has 4 heteroatoms. The fourth-order valence-corrected chi connectivity index (χ4v) is 1.37. The lowest BCUT2D eigenvalue weighted by molar-refractivity contribution is 0.628. The molecule has 0 atom stereocenters. The monoisotopic (exact) mass is 220 g/mol. The smallest absolute Gasteiger partial charge is 0.148 e. The molecule has 0 heterocycles. The van der Waals surface area contributed by atoms with Gasteiger partial charge in [0.25, 0.3) is 0 Å². The van der Waals surface area contributed by atoms with Crippen molar-refractivity contribution in [3.05, 3.63) is 54.1 Å². The number of hydrogen-bond acceptors (Lipinski definition) is 2. The van der Waals surface area contributed by atoms with Gasteiger partial charge >= 0.3 is 0 Å². The molecular formula is C12H10F2N2. The minimum absolute atomic E-state index is 0.0201. The van der Waals surface area contributed by atoms with Crippen molar-refractivity contribution in [1.82, 2.24) is 0 Å². The summed E-state index contributed by atoms with van der Waals surface area (Å²) in [6.45, 7) is 0. The van der Waals surface area contributed by atoms with Crippen LogP contribution >= 0.6 is 0 Å². The molecule has 2 aromatic rings. The molecule has 2 rings (SSSR count). The molecule has 0 unspecified atom stereocenters. The van der Waals surface area contributed by atoms with E-state index < -0.39 is 5.82 Å². The van der Waals surface area contributed by atoms with Crippen molar-refractivity contribution in [3.63, 3.8) is 0 Å². The standard InChI is InChI=1S/C12H10F2N2/c13-8-3-1-4-9(7-8)16-11-6-2-5-10(14)12(11)15/h1-7,16H,15H2. The number of nitrogen functional groups attached to an aromatic ring is 1. The van der Waals surface area contributed by atoms with E-state index in [1.165, 1.54) is 24.3 Å². The molecule has 2 aromatic carbocycles. The highest BCUT2D eigenvalue weighted by atomic mass is 19.1.